The molecule has 1 aliphatic rings. The number of nitrogens with one attached hydrogen (secondary N) is 2. The second-order valence-electron chi connectivity index (χ2n) is 5.72. The predicted octanol–water partition coefficient (Wildman–Crippen LogP) is 1.29. The molecule has 1 aliphatic heterocycles. The van der Waals surface area contributed by atoms with Crippen molar-refractivity contribution in [3.05, 3.63) is 42.0 Å². The summed E-state index contributed by atoms with van der Waals surface area (Å²) in [5, 5.41) is 6.22. The van der Waals surface area contributed by atoms with E-state index in [2.05, 4.69) is 15.5 Å². The van der Waals surface area contributed by atoms with Gasteiger partial charge in [-0.2, -0.15) is 0 Å². The van der Waals surface area contributed by atoms with E-state index < -0.39 is 0 Å². The Morgan fingerprint density at radius 1 is 1.20 bits per heavy atom. The van der Waals surface area contributed by atoms with Gasteiger partial charge in [0.2, 0.25) is 5.91 Å². The third-order valence-corrected chi connectivity index (χ3v) is 3.99. The fourth-order valence-corrected chi connectivity index (χ4v) is 2.60. The normalized spacial score (nSPS) is 15.6. The van der Waals surface area contributed by atoms with Crippen LogP contribution in [0.1, 0.15) is 5.56 Å². The molecule has 0 aliphatic carbocycles. The van der Waals surface area contributed by atoms with Gasteiger partial charge in [0.15, 0.2) is 11.5 Å². The fourth-order valence-electron chi connectivity index (χ4n) is 2.60. The van der Waals surface area contributed by atoms with Gasteiger partial charge in [-0.15, -0.1) is 0 Å². The zero-order chi connectivity index (χ0) is 17.9. The molecule has 2 N–H and O–H groups in total. The third-order valence-electron chi connectivity index (χ3n) is 3.99. The number of rotatable bonds is 8. The highest BCUT2D eigenvalue weighted by Gasteiger charge is 2.08. The number of allylic oxidation sites excluding steroid dienone is 2. The van der Waals surface area contributed by atoms with E-state index in [1.807, 2.05) is 30.4 Å². The van der Waals surface area contributed by atoms with E-state index in [-0.39, 0.29) is 5.91 Å². The molecule has 0 atom stereocenters. The van der Waals surface area contributed by atoms with Gasteiger partial charge in [0.25, 0.3) is 0 Å². The summed E-state index contributed by atoms with van der Waals surface area (Å²) < 4.78 is 10.5. The molecule has 0 saturated carbocycles. The van der Waals surface area contributed by atoms with Crippen LogP contribution in [-0.4, -0.2) is 64.3 Å². The van der Waals surface area contributed by atoms with Crippen LogP contribution in [0.5, 0.6) is 11.5 Å². The molecule has 1 aromatic rings. The third kappa shape index (κ3) is 6.60. The Morgan fingerprint density at radius 2 is 1.96 bits per heavy atom. The Kier molecular flexibility index (Phi) is 8.01. The maximum absolute atomic E-state index is 11.8. The number of carbonyl (C=O) groups is 1. The summed E-state index contributed by atoms with van der Waals surface area (Å²) in [7, 11) is 3.22. The standard InChI is InChI=1S/C19H27N3O3/c1-24-17-8-7-16(15-18(17)25-2)5-3-4-6-19(23)21-11-14-22-12-9-20-10-13-22/h3-8,15,20H,9-14H2,1-2H3,(H,21,23). The van der Waals surface area contributed by atoms with Crippen molar-refractivity contribution in [1.82, 2.24) is 15.5 Å². The van der Waals surface area contributed by atoms with Gasteiger partial charge in [0.05, 0.1) is 14.2 Å². The van der Waals surface area contributed by atoms with Crippen molar-refractivity contribution < 1.29 is 14.3 Å². The van der Waals surface area contributed by atoms with E-state index in [4.69, 9.17) is 9.47 Å². The molecule has 0 bridgehead atoms. The summed E-state index contributed by atoms with van der Waals surface area (Å²) in [5.41, 5.74) is 0.974. The van der Waals surface area contributed by atoms with Crippen molar-refractivity contribution in [3.8, 4) is 11.5 Å². The van der Waals surface area contributed by atoms with Gasteiger partial charge < -0.3 is 20.1 Å². The minimum atomic E-state index is -0.0768. The lowest BCUT2D eigenvalue weighted by atomic mass is 10.2. The molecule has 1 aromatic carbocycles. The maximum Gasteiger partial charge on any atom is 0.244 e. The molecular formula is C19H27N3O3. The number of amides is 1. The molecule has 136 valence electrons. The molecule has 6 heteroatoms. The smallest absolute Gasteiger partial charge is 0.244 e. The van der Waals surface area contributed by atoms with E-state index in [1.54, 1.807) is 20.3 Å². The van der Waals surface area contributed by atoms with Crippen LogP contribution in [0.25, 0.3) is 6.08 Å². The molecule has 0 spiro atoms. The van der Waals surface area contributed by atoms with E-state index in [9.17, 15) is 4.79 Å². The van der Waals surface area contributed by atoms with Crippen molar-refractivity contribution in [2.45, 2.75) is 0 Å². The molecular weight excluding hydrogens is 318 g/mol. The van der Waals surface area contributed by atoms with Crippen LogP contribution in [-0.2, 0) is 4.79 Å². The second-order valence-corrected chi connectivity index (χ2v) is 5.72. The zero-order valence-corrected chi connectivity index (χ0v) is 15.0. The average molecular weight is 345 g/mol. The molecule has 2 rings (SSSR count). The Morgan fingerprint density at radius 3 is 2.68 bits per heavy atom. The van der Waals surface area contributed by atoms with Crippen molar-refractivity contribution in [2.24, 2.45) is 0 Å². The lowest BCUT2D eigenvalue weighted by Gasteiger charge is -2.26. The topological polar surface area (TPSA) is 62.8 Å². The first kappa shape index (κ1) is 19.0. The van der Waals surface area contributed by atoms with E-state index in [1.165, 1.54) is 6.08 Å². The molecule has 0 aromatic heterocycles. The summed E-state index contributed by atoms with van der Waals surface area (Å²) in [5.74, 6) is 1.30. The number of methoxy groups -OCH3 is 2. The van der Waals surface area contributed by atoms with Crippen LogP contribution >= 0.6 is 0 Å². The summed E-state index contributed by atoms with van der Waals surface area (Å²) in [6, 6.07) is 5.67. The quantitative estimate of drug-likeness (QED) is 0.549. The Hall–Kier alpha value is -2.31. The zero-order valence-electron chi connectivity index (χ0n) is 15.0. The lowest BCUT2D eigenvalue weighted by Crippen LogP contribution is -2.46. The van der Waals surface area contributed by atoms with Gasteiger partial charge in [0, 0.05) is 45.3 Å². The summed E-state index contributed by atoms with van der Waals surface area (Å²) in [6.45, 7) is 5.69. The Balaban J connectivity index is 1.73. The van der Waals surface area contributed by atoms with Crippen LogP contribution in [0, 0.1) is 0 Å². The van der Waals surface area contributed by atoms with Gasteiger partial charge in [0.1, 0.15) is 0 Å². The maximum atomic E-state index is 11.8. The molecule has 1 fully saturated rings. The van der Waals surface area contributed by atoms with Gasteiger partial charge in [-0.3, -0.25) is 9.69 Å². The average Bonchev–Trinajstić information content (AvgIpc) is 2.66. The molecule has 0 radical (unpaired) electrons. The van der Waals surface area contributed by atoms with Crippen LogP contribution in [0.3, 0.4) is 0 Å². The molecule has 6 nitrogen and oxygen atoms in total. The number of nitrogens with zero attached hydrogens (tertiary/aromatic N) is 1. The number of piperazine rings is 1. The monoisotopic (exact) mass is 345 g/mol. The number of carbonyl (C=O) groups excluding carboxylic acids is 1. The summed E-state index contributed by atoms with van der Waals surface area (Å²) in [4.78, 5) is 14.1. The fraction of sp³-hybridized carbons (Fsp3) is 0.421. The largest absolute Gasteiger partial charge is 0.493 e. The number of hydrogen-bond donors (Lipinski definition) is 2. The Labute approximate surface area is 149 Å². The number of hydrogen-bond acceptors (Lipinski definition) is 5. The van der Waals surface area contributed by atoms with Crippen LogP contribution in [0.15, 0.2) is 36.4 Å². The minimum absolute atomic E-state index is 0.0768. The first-order valence-corrected chi connectivity index (χ1v) is 8.50. The molecule has 1 amide bonds. The Bertz CT molecular complexity index is 608. The van der Waals surface area contributed by atoms with Crippen LogP contribution in [0.2, 0.25) is 0 Å². The highest BCUT2D eigenvalue weighted by molar-refractivity contribution is 5.87. The molecule has 1 saturated heterocycles. The summed E-state index contributed by atoms with van der Waals surface area (Å²) in [6.07, 6.45) is 7.01. The molecule has 25 heavy (non-hydrogen) atoms. The van der Waals surface area contributed by atoms with Gasteiger partial charge >= 0.3 is 0 Å². The molecule has 0 unspecified atom stereocenters. The number of ether oxygens (including phenoxy) is 2. The number of benzene rings is 1. The van der Waals surface area contributed by atoms with Gasteiger partial charge in [-0.05, 0) is 17.7 Å². The second kappa shape index (κ2) is 10.5. The SMILES string of the molecule is COc1ccc(C=CC=CC(=O)NCCN2CCNCC2)cc1OC. The van der Waals surface area contributed by atoms with Crippen LogP contribution in [0.4, 0.5) is 0 Å². The van der Waals surface area contributed by atoms with Gasteiger partial charge in [-0.1, -0.05) is 24.3 Å². The minimum Gasteiger partial charge on any atom is -0.493 e. The summed E-state index contributed by atoms with van der Waals surface area (Å²) >= 11 is 0. The van der Waals surface area contributed by atoms with Crippen molar-refractivity contribution in [1.29, 1.82) is 0 Å². The van der Waals surface area contributed by atoms with Gasteiger partial charge in [-0.25, -0.2) is 0 Å². The van der Waals surface area contributed by atoms with Crippen molar-refractivity contribution in [3.63, 3.8) is 0 Å². The van der Waals surface area contributed by atoms with E-state index in [0.29, 0.717) is 18.0 Å². The van der Waals surface area contributed by atoms with E-state index >= 15 is 0 Å². The lowest BCUT2D eigenvalue weighted by molar-refractivity contribution is -0.116. The highest BCUT2D eigenvalue weighted by Crippen LogP contribution is 2.27. The van der Waals surface area contributed by atoms with Crippen molar-refractivity contribution in [2.75, 3.05) is 53.5 Å². The van der Waals surface area contributed by atoms with Crippen molar-refractivity contribution >= 4 is 12.0 Å². The first-order chi connectivity index (χ1) is 12.2. The van der Waals surface area contributed by atoms with Crippen LogP contribution < -0.4 is 20.1 Å². The first-order valence-electron chi connectivity index (χ1n) is 8.50. The van der Waals surface area contributed by atoms with E-state index in [0.717, 1.165) is 38.3 Å². The predicted molar refractivity (Wildman–Crippen MR) is 100 cm³/mol. The highest BCUT2D eigenvalue weighted by atomic mass is 16.5. The molecule has 1 heterocycles.